The monoisotopic (exact) mass is 358 g/mol. The zero-order chi connectivity index (χ0) is 13.0. The van der Waals surface area contributed by atoms with Gasteiger partial charge in [0, 0.05) is 21.7 Å². The van der Waals surface area contributed by atoms with Crippen LogP contribution in [0.4, 0.5) is 0 Å². The molecule has 0 radical (unpaired) electrons. The highest BCUT2D eigenvalue weighted by Crippen LogP contribution is 2.17. The van der Waals surface area contributed by atoms with Crippen LogP contribution in [0.5, 0.6) is 0 Å². The van der Waals surface area contributed by atoms with Crippen LogP contribution in [0.25, 0.3) is 0 Å². The van der Waals surface area contributed by atoms with Gasteiger partial charge in [-0.3, -0.25) is 4.79 Å². The summed E-state index contributed by atoms with van der Waals surface area (Å²) in [4.78, 5) is 14.3. The Morgan fingerprint density at radius 2 is 2.17 bits per heavy atom. The summed E-state index contributed by atoms with van der Waals surface area (Å²) in [6, 6.07) is 8.31. The van der Waals surface area contributed by atoms with Crippen molar-refractivity contribution >= 4 is 28.5 Å². The molecule has 2 rings (SSSR count). The first-order valence-electron chi connectivity index (χ1n) is 6.41. The summed E-state index contributed by atoms with van der Waals surface area (Å²) in [6.07, 6.45) is 3.59. The van der Waals surface area contributed by atoms with Crippen molar-refractivity contribution in [3.63, 3.8) is 0 Å². The van der Waals surface area contributed by atoms with Gasteiger partial charge in [0.05, 0.1) is 0 Å². The SMILES string of the molecule is CN1CCCC1CCNC(=O)c1ccc(I)cc1. The Balaban J connectivity index is 1.76. The molecule has 1 amide bonds. The summed E-state index contributed by atoms with van der Waals surface area (Å²) in [6.45, 7) is 1.95. The lowest BCUT2D eigenvalue weighted by Crippen LogP contribution is -2.31. The van der Waals surface area contributed by atoms with Crippen LogP contribution in [0.1, 0.15) is 29.6 Å². The number of nitrogens with one attached hydrogen (secondary N) is 1. The molecule has 1 fully saturated rings. The van der Waals surface area contributed by atoms with E-state index in [4.69, 9.17) is 0 Å². The van der Waals surface area contributed by atoms with Crippen LogP contribution in [0.2, 0.25) is 0 Å². The molecule has 1 aliphatic rings. The van der Waals surface area contributed by atoms with E-state index in [0.717, 1.165) is 22.1 Å². The molecule has 98 valence electrons. The van der Waals surface area contributed by atoms with E-state index in [0.29, 0.717) is 6.04 Å². The van der Waals surface area contributed by atoms with Crippen molar-refractivity contribution in [1.29, 1.82) is 0 Å². The Morgan fingerprint density at radius 1 is 1.44 bits per heavy atom. The summed E-state index contributed by atoms with van der Waals surface area (Å²) in [5.41, 5.74) is 0.746. The van der Waals surface area contributed by atoms with Crippen LogP contribution >= 0.6 is 22.6 Å². The van der Waals surface area contributed by atoms with Crippen LogP contribution in [0.3, 0.4) is 0 Å². The largest absolute Gasteiger partial charge is 0.352 e. The summed E-state index contributed by atoms with van der Waals surface area (Å²) >= 11 is 2.24. The maximum atomic E-state index is 11.9. The molecule has 0 saturated carbocycles. The van der Waals surface area contributed by atoms with Gasteiger partial charge in [0.15, 0.2) is 0 Å². The Bertz CT molecular complexity index is 405. The van der Waals surface area contributed by atoms with Crippen LogP contribution in [0, 0.1) is 3.57 Å². The lowest BCUT2D eigenvalue weighted by Gasteiger charge is -2.19. The van der Waals surface area contributed by atoms with Crippen molar-refractivity contribution < 1.29 is 4.79 Å². The number of hydrogen-bond acceptors (Lipinski definition) is 2. The average molecular weight is 358 g/mol. The van der Waals surface area contributed by atoms with Gasteiger partial charge in [0.25, 0.3) is 5.91 Å². The minimum absolute atomic E-state index is 0.0343. The molecule has 0 aliphatic carbocycles. The summed E-state index contributed by atoms with van der Waals surface area (Å²) in [7, 11) is 2.17. The van der Waals surface area contributed by atoms with Crippen LogP contribution < -0.4 is 5.32 Å². The topological polar surface area (TPSA) is 32.3 Å². The van der Waals surface area contributed by atoms with Gasteiger partial charge < -0.3 is 10.2 Å². The van der Waals surface area contributed by atoms with Crippen molar-refractivity contribution in [1.82, 2.24) is 10.2 Å². The molecule has 1 heterocycles. The molecule has 1 unspecified atom stereocenters. The number of carbonyl (C=O) groups excluding carboxylic acids is 1. The summed E-state index contributed by atoms with van der Waals surface area (Å²) in [5.74, 6) is 0.0343. The third-order valence-corrected chi connectivity index (χ3v) is 4.26. The van der Waals surface area contributed by atoms with Crippen molar-refractivity contribution in [2.24, 2.45) is 0 Å². The van der Waals surface area contributed by atoms with Crippen LogP contribution in [-0.2, 0) is 0 Å². The second-order valence-corrected chi connectivity index (χ2v) is 6.07. The number of nitrogens with zero attached hydrogens (tertiary/aromatic N) is 1. The normalized spacial score (nSPS) is 20.0. The van der Waals surface area contributed by atoms with Gasteiger partial charge in [0.1, 0.15) is 0 Å². The Hall–Kier alpha value is -0.620. The van der Waals surface area contributed by atoms with Gasteiger partial charge in [-0.1, -0.05) is 0 Å². The smallest absolute Gasteiger partial charge is 0.251 e. The molecule has 0 bridgehead atoms. The van der Waals surface area contributed by atoms with E-state index in [1.54, 1.807) is 0 Å². The maximum absolute atomic E-state index is 11.9. The fourth-order valence-corrected chi connectivity index (χ4v) is 2.76. The highest BCUT2D eigenvalue weighted by atomic mass is 127. The Kier molecular flexibility index (Phi) is 5.00. The Morgan fingerprint density at radius 3 is 2.78 bits per heavy atom. The average Bonchev–Trinajstić information content (AvgIpc) is 2.76. The molecule has 18 heavy (non-hydrogen) atoms. The fourth-order valence-electron chi connectivity index (χ4n) is 2.40. The maximum Gasteiger partial charge on any atom is 0.251 e. The molecule has 1 atom stereocenters. The molecule has 0 spiro atoms. The lowest BCUT2D eigenvalue weighted by molar-refractivity contribution is 0.0950. The van der Waals surface area contributed by atoms with Crippen LogP contribution in [-0.4, -0.2) is 37.0 Å². The third-order valence-electron chi connectivity index (χ3n) is 3.54. The number of hydrogen-bond donors (Lipinski definition) is 1. The molecule has 4 heteroatoms. The standard InChI is InChI=1S/C14H19IN2O/c1-17-10-2-3-13(17)8-9-16-14(18)11-4-6-12(15)7-5-11/h4-7,13H,2-3,8-10H2,1H3,(H,16,18). The molecular formula is C14H19IN2O. The molecule has 1 aromatic rings. The van der Waals surface area contributed by atoms with Crippen molar-refractivity contribution in [3.05, 3.63) is 33.4 Å². The zero-order valence-electron chi connectivity index (χ0n) is 10.7. The predicted molar refractivity (Wildman–Crippen MR) is 81.8 cm³/mol. The van der Waals surface area contributed by atoms with E-state index in [-0.39, 0.29) is 5.91 Å². The second-order valence-electron chi connectivity index (χ2n) is 4.83. The molecule has 0 aromatic heterocycles. The number of halogens is 1. The number of carbonyl (C=O) groups is 1. The molecule has 1 aromatic carbocycles. The molecule has 3 nitrogen and oxygen atoms in total. The van der Waals surface area contributed by atoms with E-state index in [1.165, 1.54) is 19.4 Å². The van der Waals surface area contributed by atoms with Gasteiger partial charge in [-0.2, -0.15) is 0 Å². The summed E-state index contributed by atoms with van der Waals surface area (Å²) < 4.78 is 1.15. The van der Waals surface area contributed by atoms with E-state index in [9.17, 15) is 4.79 Å². The Labute approximate surface area is 122 Å². The molecule has 1 N–H and O–H groups in total. The van der Waals surface area contributed by atoms with Gasteiger partial charge in [-0.15, -0.1) is 0 Å². The highest BCUT2D eigenvalue weighted by molar-refractivity contribution is 14.1. The number of amides is 1. The third kappa shape index (κ3) is 3.68. The van der Waals surface area contributed by atoms with Crippen LogP contribution in [0.15, 0.2) is 24.3 Å². The highest BCUT2D eigenvalue weighted by Gasteiger charge is 2.20. The first-order valence-corrected chi connectivity index (χ1v) is 7.48. The fraction of sp³-hybridized carbons (Fsp3) is 0.500. The minimum Gasteiger partial charge on any atom is -0.352 e. The van der Waals surface area contributed by atoms with Crippen molar-refractivity contribution in [3.8, 4) is 0 Å². The number of likely N-dealkylation sites (tertiary alicyclic amines) is 1. The van der Waals surface area contributed by atoms with E-state index >= 15 is 0 Å². The first-order chi connectivity index (χ1) is 8.66. The molecule has 1 aliphatic heterocycles. The van der Waals surface area contributed by atoms with Crippen molar-refractivity contribution in [2.75, 3.05) is 20.1 Å². The second kappa shape index (κ2) is 6.52. The molecular weight excluding hydrogens is 339 g/mol. The van der Waals surface area contributed by atoms with Crippen molar-refractivity contribution in [2.45, 2.75) is 25.3 Å². The minimum atomic E-state index is 0.0343. The predicted octanol–water partition coefficient (Wildman–Crippen LogP) is 2.51. The van der Waals surface area contributed by atoms with E-state index in [2.05, 4.69) is 39.9 Å². The van der Waals surface area contributed by atoms with Gasteiger partial charge in [0.2, 0.25) is 0 Å². The first kappa shape index (κ1) is 13.8. The number of rotatable bonds is 4. The lowest BCUT2D eigenvalue weighted by atomic mass is 10.1. The van der Waals surface area contributed by atoms with Gasteiger partial charge in [-0.05, 0) is 79.7 Å². The zero-order valence-corrected chi connectivity index (χ0v) is 12.8. The van der Waals surface area contributed by atoms with E-state index < -0.39 is 0 Å². The quantitative estimate of drug-likeness (QED) is 0.839. The summed E-state index contributed by atoms with van der Waals surface area (Å²) in [5, 5.41) is 3.00. The van der Waals surface area contributed by atoms with Gasteiger partial charge >= 0.3 is 0 Å². The van der Waals surface area contributed by atoms with E-state index in [1.807, 2.05) is 24.3 Å². The number of benzene rings is 1. The molecule has 1 saturated heterocycles. The van der Waals surface area contributed by atoms with Gasteiger partial charge in [-0.25, -0.2) is 0 Å².